The Hall–Kier alpha value is -0.800. The van der Waals surface area contributed by atoms with Crippen LogP contribution >= 0.6 is 11.6 Å². The van der Waals surface area contributed by atoms with Crippen molar-refractivity contribution >= 4 is 17.3 Å². The Morgan fingerprint density at radius 2 is 2.40 bits per heavy atom. The third-order valence-corrected chi connectivity index (χ3v) is 3.39. The van der Waals surface area contributed by atoms with E-state index in [9.17, 15) is 0 Å². The minimum Gasteiger partial charge on any atom is -0.379 e. The first-order chi connectivity index (χ1) is 7.31. The van der Waals surface area contributed by atoms with Gasteiger partial charge in [0.15, 0.2) is 0 Å². The fourth-order valence-corrected chi connectivity index (χ4v) is 2.67. The Bertz CT molecular complexity index is 371. The van der Waals surface area contributed by atoms with Crippen molar-refractivity contribution in [1.82, 2.24) is 4.98 Å². The zero-order valence-corrected chi connectivity index (χ0v) is 9.07. The Labute approximate surface area is 93.8 Å². The molecule has 2 aliphatic rings. The van der Waals surface area contributed by atoms with Crippen molar-refractivity contribution in [2.24, 2.45) is 0 Å². The molecular formula is C11H13ClN2O. The Morgan fingerprint density at radius 1 is 1.47 bits per heavy atom. The van der Waals surface area contributed by atoms with Gasteiger partial charge in [-0.2, -0.15) is 0 Å². The number of nitrogens with one attached hydrogen (secondary N) is 1. The molecule has 1 aromatic rings. The van der Waals surface area contributed by atoms with Crippen molar-refractivity contribution in [2.45, 2.75) is 37.5 Å². The fourth-order valence-electron chi connectivity index (χ4n) is 2.50. The number of fused-ring (bicyclic) bond motifs is 2. The molecule has 3 unspecified atom stereocenters. The number of nitrogens with zero attached hydrogens (tertiary/aromatic N) is 1. The molecule has 3 rings (SSSR count). The van der Waals surface area contributed by atoms with Crippen molar-refractivity contribution < 1.29 is 4.74 Å². The fraction of sp³-hybridized carbons (Fsp3) is 0.545. The highest BCUT2D eigenvalue weighted by Gasteiger charge is 2.40. The second-order valence-electron chi connectivity index (χ2n) is 4.23. The van der Waals surface area contributed by atoms with Crippen LogP contribution in [0.3, 0.4) is 0 Å². The maximum atomic E-state index is 5.83. The van der Waals surface area contributed by atoms with Gasteiger partial charge in [-0.05, 0) is 31.4 Å². The van der Waals surface area contributed by atoms with Gasteiger partial charge in [0.05, 0.1) is 18.2 Å². The number of rotatable bonds is 2. The first-order valence-electron chi connectivity index (χ1n) is 5.35. The van der Waals surface area contributed by atoms with E-state index < -0.39 is 0 Å². The smallest absolute Gasteiger partial charge is 0.131 e. The van der Waals surface area contributed by atoms with E-state index in [1.165, 1.54) is 12.8 Å². The van der Waals surface area contributed by atoms with E-state index in [1.54, 1.807) is 6.20 Å². The van der Waals surface area contributed by atoms with Gasteiger partial charge in [0.1, 0.15) is 5.15 Å². The number of anilines is 1. The number of ether oxygens (including phenoxy) is 1. The lowest BCUT2D eigenvalue weighted by Gasteiger charge is -2.21. The van der Waals surface area contributed by atoms with Crippen LogP contribution in [0.1, 0.15) is 19.3 Å². The average Bonchev–Trinajstić information content (AvgIpc) is 2.79. The highest BCUT2D eigenvalue weighted by Crippen LogP contribution is 2.35. The van der Waals surface area contributed by atoms with Crippen molar-refractivity contribution in [2.75, 3.05) is 5.32 Å². The molecule has 2 aliphatic heterocycles. The van der Waals surface area contributed by atoms with E-state index in [0.29, 0.717) is 23.4 Å². The van der Waals surface area contributed by atoms with E-state index in [-0.39, 0.29) is 0 Å². The molecule has 3 nitrogen and oxygen atoms in total. The van der Waals surface area contributed by atoms with Crippen molar-refractivity contribution in [3.8, 4) is 0 Å². The summed E-state index contributed by atoms with van der Waals surface area (Å²) in [5.74, 6) is 0. The zero-order valence-electron chi connectivity index (χ0n) is 8.32. The Balaban J connectivity index is 1.71. The molecule has 0 radical (unpaired) electrons. The first kappa shape index (κ1) is 9.43. The molecule has 2 saturated heterocycles. The van der Waals surface area contributed by atoms with Crippen LogP contribution in [0.2, 0.25) is 5.15 Å². The predicted molar refractivity (Wildman–Crippen MR) is 59.2 cm³/mol. The van der Waals surface area contributed by atoms with Crippen LogP contribution < -0.4 is 5.32 Å². The second-order valence-corrected chi connectivity index (χ2v) is 4.61. The molecular weight excluding hydrogens is 212 g/mol. The summed E-state index contributed by atoms with van der Waals surface area (Å²) in [5, 5.41) is 4.00. The van der Waals surface area contributed by atoms with Gasteiger partial charge in [-0.1, -0.05) is 11.6 Å². The van der Waals surface area contributed by atoms with E-state index in [0.717, 1.165) is 12.1 Å². The minimum absolute atomic E-state index is 0.391. The molecule has 0 amide bonds. The summed E-state index contributed by atoms with van der Waals surface area (Å²) in [7, 11) is 0. The summed E-state index contributed by atoms with van der Waals surface area (Å²) in [4.78, 5) is 3.96. The van der Waals surface area contributed by atoms with E-state index in [4.69, 9.17) is 16.3 Å². The highest BCUT2D eigenvalue weighted by atomic mass is 35.5. The van der Waals surface area contributed by atoms with Gasteiger partial charge in [0.2, 0.25) is 0 Å². The summed E-state index contributed by atoms with van der Waals surface area (Å²) >= 11 is 5.83. The molecule has 0 aliphatic carbocycles. The molecule has 0 saturated carbocycles. The van der Waals surface area contributed by atoms with Gasteiger partial charge in [-0.3, -0.25) is 0 Å². The van der Waals surface area contributed by atoms with Crippen LogP contribution in [-0.2, 0) is 4.74 Å². The molecule has 0 aromatic carbocycles. The summed E-state index contributed by atoms with van der Waals surface area (Å²) in [6, 6.07) is 4.24. The van der Waals surface area contributed by atoms with Gasteiger partial charge in [0, 0.05) is 11.9 Å². The van der Waals surface area contributed by atoms with Crippen LogP contribution in [-0.4, -0.2) is 23.2 Å². The molecule has 2 bridgehead atoms. The van der Waals surface area contributed by atoms with Gasteiger partial charge >= 0.3 is 0 Å². The summed E-state index contributed by atoms with van der Waals surface area (Å²) in [6.07, 6.45) is 6.11. The van der Waals surface area contributed by atoms with Crippen molar-refractivity contribution in [1.29, 1.82) is 0 Å². The monoisotopic (exact) mass is 224 g/mol. The molecule has 15 heavy (non-hydrogen) atoms. The summed E-state index contributed by atoms with van der Waals surface area (Å²) < 4.78 is 5.78. The normalized spacial score (nSPS) is 33.3. The van der Waals surface area contributed by atoms with Crippen molar-refractivity contribution in [3.05, 3.63) is 23.5 Å². The molecule has 0 spiro atoms. The van der Waals surface area contributed by atoms with Crippen molar-refractivity contribution in [3.63, 3.8) is 0 Å². The van der Waals surface area contributed by atoms with Crippen LogP contribution in [0.5, 0.6) is 0 Å². The molecule has 3 atom stereocenters. The van der Waals surface area contributed by atoms with Crippen LogP contribution in [0.4, 0.5) is 5.69 Å². The Morgan fingerprint density at radius 3 is 3.07 bits per heavy atom. The second kappa shape index (κ2) is 3.65. The lowest BCUT2D eigenvalue weighted by Crippen LogP contribution is -2.30. The molecule has 80 valence electrons. The van der Waals surface area contributed by atoms with Gasteiger partial charge in [-0.25, -0.2) is 4.98 Å². The Kier molecular flexibility index (Phi) is 2.29. The lowest BCUT2D eigenvalue weighted by molar-refractivity contribution is 0.102. The van der Waals surface area contributed by atoms with Gasteiger partial charge < -0.3 is 10.1 Å². The first-order valence-corrected chi connectivity index (χ1v) is 5.72. The number of halogens is 1. The number of aromatic nitrogens is 1. The number of hydrogen-bond acceptors (Lipinski definition) is 3. The summed E-state index contributed by atoms with van der Waals surface area (Å²) in [5.41, 5.74) is 1.04. The van der Waals surface area contributed by atoms with E-state index in [2.05, 4.69) is 10.3 Å². The molecule has 1 aromatic heterocycles. The van der Waals surface area contributed by atoms with E-state index >= 15 is 0 Å². The predicted octanol–water partition coefficient (Wildman–Crippen LogP) is 2.47. The average molecular weight is 225 g/mol. The van der Waals surface area contributed by atoms with E-state index in [1.807, 2.05) is 12.1 Å². The standard InChI is InChI=1S/C11H13ClN2O/c12-11-5-7(3-4-13-11)14-9-6-8-1-2-10(9)15-8/h3-5,8-10H,1-2,6H2,(H,13,14). The zero-order chi connectivity index (χ0) is 10.3. The quantitative estimate of drug-likeness (QED) is 0.784. The SMILES string of the molecule is Clc1cc(NC2CC3CCC2O3)ccn1. The topological polar surface area (TPSA) is 34.1 Å². The third-order valence-electron chi connectivity index (χ3n) is 3.18. The van der Waals surface area contributed by atoms with Gasteiger partial charge in [-0.15, -0.1) is 0 Å². The highest BCUT2D eigenvalue weighted by molar-refractivity contribution is 6.29. The van der Waals surface area contributed by atoms with Crippen LogP contribution in [0.25, 0.3) is 0 Å². The molecule has 1 N–H and O–H groups in total. The maximum absolute atomic E-state index is 5.83. The van der Waals surface area contributed by atoms with Gasteiger partial charge in [0.25, 0.3) is 0 Å². The lowest BCUT2D eigenvalue weighted by atomic mass is 9.95. The van der Waals surface area contributed by atoms with Crippen LogP contribution in [0.15, 0.2) is 18.3 Å². The summed E-state index contributed by atoms with van der Waals surface area (Å²) in [6.45, 7) is 0. The molecule has 4 heteroatoms. The molecule has 3 heterocycles. The largest absolute Gasteiger partial charge is 0.379 e. The number of pyridine rings is 1. The van der Waals surface area contributed by atoms with Crippen LogP contribution in [0, 0.1) is 0 Å². The molecule has 2 fully saturated rings. The maximum Gasteiger partial charge on any atom is 0.131 e. The third kappa shape index (κ3) is 1.82. The minimum atomic E-state index is 0.391. The number of hydrogen-bond donors (Lipinski definition) is 1.